The van der Waals surface area contributed by atoms with Crippen molar-refractivity contribution in [1.82, 2.24) is 10.5 Å². The molecule has 0 radical (unpaired) electrons. The molecule has 1 aliphatic carbocycles. The van der Waals surface area contributed by atoms with Crippen LogP contribution in [0, 0.1) is 19.8 Å². The van der Waals surface area contributed by atoms with Crippen LogP contribution in [0.2, 0.25) is 0 Å². The van der Waals surface area contributed by atoms with Gasteiger partial charge < -0.3 is 14.6 Å². The molecule has 0 bridgehead atoms. The zero-order chi connectivity index (χ0) is 17.8. The second-order valence-corrected chi connectivity index (χ2v) is 6.96. The van der Waals surface area contributed by atoms with E-state index in [0.29, 0.717) is 18.1 Å². The Morgan fingerprint density at radius 2 is 1.96 bits per heavy atom. The van der Waals surface area contributed by atoms with E-state index in [1.807, 2.05) is 38.1 Å². The van der Waals surface area contributed by atoms with Crippen LogP contribution in [0.5, 0.6) is 5.75 Å². The Morgan fingerprint density at radius 3 is 2.60 bits per heavy atom. The third-order valence-electron chi connectivity index (χ3n) is 5.11. The lowest BCUT2D eigenvalue weighted by atomic mass is 9.86. The van der Waals surface area contributed by atoms with E-state index in [0.717, 1.165) is 29.2 Å². The average Bonchev–Trinajstić information content (AvgIpc) is 2.93. The smallest absolute Gasteiger partial charge is 0.251 e. The van der Waals surface area contributed by atoms with Crippen molar-refractivity contribution in [2.45, 2.75) is 59.1 Å². The van der Waals surface area contributed by atoms with E-state index in [9.17, 15) is 4.79 Å². The maximum Gasteiger partial charge on any atom is 0.251 e. The van der Waals surface area contributed by atoms with Crippen molar-refractivity contribution in [2.75, 3.05) is 0 Å². The summed E-state index contributed by atoms with van der Waals surface area (Å²) in [5, 5.41) is 7.09. The topological polar surface area (TPSA) is 64.4 Å². The summed E-state index contributed by atoms with van der Waals surface area (Å²) in [4.78, 5) is 12.4. The molecule has 1 fully saturated rings. The Balaban J connectivity index is 1.57. The van der Waals surface area contributed by atoms with Crippen LogP contribution in [0.25, 0.3) is 0 Å². The molecule has 2 aromatic rings. The van der Waals surface area contributed by atoms with Gasteiger partial charge in [-0.25, -0.2) is 0 Å². The number of ether oxygens (including phenoxy) is 1. The first-order valence-corrected chi connectivity index (χ1v) is 9.00. The summed E-state index contributed by atoms with van der Waals surface area (Å²) in [6, 6.07) is 7.57. The van der Waals surface area contributed by atoms with Crippen molar-refractivity contribution in [2.24, 2.45) is 5.92 Å². The van der Waals surface area contributed by atoms with Crippen LogP contribution in [-0.2, 0) is 6.61 Å². The molecule has 0 aliphatic heterocycles. The molecule has 2 atom stereocenters. The molecule has 0 spiro atoms. The Morgan fingerprint density at radius 1 is 1.24 bits per heavy atom. The molecule has 1 aliphatic rings. The number of aromatic nitrogens is 1. The normalized spacial score (nSPS) is 20.3. The Bertz CT molecular complexity index is 702. The van der Waals surface area contributed by atoms with Gasteiger partial charge in [0, 0.05) is 11.6 Å². The SMILES string of the molecule is Cc1noc(C)c1COc1ccc(C(=O)N[C@@H]2CCCC[C@H]2C)cc1. The van der Waals surface area contributed by atoms with Gasteiger partial charge >= 0.3 is 0 Å². The third-order valence-corrected chi connectivity index (χ3v) is 5.11. The van der Waals surface area contributed by atoms with Gasteiger partial charge in [0.2, 0.25) is 0 Å². The fourth-order valence-electron chi connectivity index (χ4n) is 3.35. The highest BCUT2D eigenvalue weighted by Gasteiger charge is 2.23. The van der Waals surface area contributed by atoms with Gasteiger partial charge in [-0.2, -0.15) is 0 Å². The van der Waals surface area contributed by atoms with Crippen LogP contribution in [0.1, 0.15) is 60.0 Å². The summed E-state index contributed by atoms with van der Waals surface area (Å²) < 4.78 is 10.9. The summed E-state index contributed by atoms with van der Waals surface area (Å²) in [5.74, 6) is 2.05. The van der Waals surface area contributed by atoms with Crippen LogP contribution in [0.3, 0.4) is 0 Å². The number of rotatable bonds is 5. The van der Waals surface area contributed by atoms with Crippen molar-refractivity contribution < 1.29 is 14.1 Å². The largest absolute Gasteiger partial charge is 0.489 e. The van der Waals surface area contributed by atoms with Crippen molar-refractivity contribution in [3.63, 3.8) is 0 Å². The van der Waals surface area contributed by atoms with Gasteiger partial charge in [-0.15, -0.1) is 0 Å². The number of hydrogen-bond donors (Lipinski definition) is 1. The molecular formula is C20H26N2O3. The minimum atomic E-state index is -0.00368. The molecule has 134 valence electrons. The van der Waals surface area contributed by atoms with Crippen molar-refractivity contribution >= 4 is 5.91 Å². The lowest BCUT2D eigenvalue weighted by Gasteiger charge is -2.29. The van der Waals surface area contributed by atoms with Gasteiger partial charge in [0.05, 0.1) is 11.3 Å². The minimum Gasteiger partial charge on any atom is -0.489 e. The van der Waals surface area contributed by atoms with Gasteiger partial charge in [0.1, 0.15) is 18.1 Å². The molecule has 3 rings (SSSR count). The Hall–Kier alpha value is -2.30. The van der Waals surface area contributed by atoms with E-state index < -0.39 is 0 Å². The number of benzene rings is 1. The molecule has 1 aromatic heterocycles. The number of amides is 1. The van der Waals surface area contributed by atoms with Crippen LogP contribution >= 0.6 is 0 Å². The highest BCUT2D eigenvalue weighted by atomic mass is 16.5. The van der Waals surface area contributed by atoms with Gasteiger partial charge in [0.25, 0.3) is 5.91 Å². The quantitative estimate of drug-likeness (QED) is 0.885. The van der Waals surface area contributed by atoms with E-state index >= 15 is 0 Å². The van der Waals surface area contributed by atoms with Gasteiger partial charge in [-0.3, -0.25) is 4.79 Å². The number of carbonyl (C=O) groups excluding carboxylic acids is 1. The van der Waals surface area contributed by atoms with E-state index in [1.54, 1.807) is 0 Å². The zero-order valence-corrected chi connectivity index (χ0v) is 15.2. The van der Waals surface area contributed by atoms with E-state index in [4.69, 9.17) is 9.26 Å². The number of nitrogens with zero attached hydrogens (tertiary/aromatic N) is 1. The maximum absolute atomic E-state index is 12.4. The second-order valence-electron chi connectivity index (χ2n) is 6.96. The highest BCUT2D eigenvalue weighted by molar-refractivity contribution is 5.94. The van der Waals surface area contributed by atoms with E-state index in [-0.39, 0.29) is 11.9 Å². The predicted molar refractivity (Wildman–Crippen MR) is 95.6 cm³/mol. The van der Waals surface area contributed by atoms with Crippen LogP contribution in [0.15, 0.2) is 28.8 Å². The summed E-state index contributed by atoms with van der Waals surface area (Å²) in [6.07, 6.45) is 4.74. The number of hydrogen-bond acceptors (Lipinski definition) is 4. The molecule has 1 saturated carbocycles. The fourth-order valence-corrected chi connectivity index (χ4v) is 3.35. The van der Waals surface area contributed by atoms with Crippen LogP contribution < -0.4 is 10.1 Å². The van der Waals surface area contributed by atoms with Crippen LogP contribution in [0.4, 0.5) is 0 Å². The van der Waals surface area contributed by atoms with Crippen molar-refractivity contribution in [3.8, 4) is 5.75 Å². The summed E-state index contributed by atoms with van der Waals surface area (Å²) in [6.45, 7) is 6.40. The van der Waals surface area contributed by atoms with Crippen molar-refractivity contribution in [3.05, 3.63) is 46.8 Å². The average molecular weight is 342 g/mol. The molecule has 25 heavy (non-hydrogen) atoms. The van der Waals surface area contributed by atoms with Crippen molar-refractivity contribution in [1.29, 1.82) is 0 Å². The summed E-state index contributed by atoms with van der Waals surface area (Å²) >= 11 is 0. The zero-order valence-electron chi connectivity index (χ0n) is 15.2. The first-order valence-electron chi connectivity index (χ1n) is 9.00. The van der Waals surface area contributed by atoms with Gasteiger partial charge in [0.15, 0.2) is 0 Å². The number of nitrogens with one attached hydrogen (secondary N) is 1. The summed E-state index contributed by atoms with van der Waals surface area (Å²) in [5.41, 5.74) is 2.48. The van der Waals surface area contributed by atoms with Gasteiger partial charge in [-0.1, -0.05) is 24.9 Å². The van der Waals surface area contributed by atoms with Crippen LogP contribution in [-0.4, -0.2) is 17.1 Å². The standard InChI is InChI=1S/C20H26N2O3/c1-13-6-4-5-7-19(13)21-20(23)16-8-10-17(11-9-16)24-12-18-14(2)22-25-15(18)3/h8-11,13,19H,4-7,12H2,1-3H3,(H,21,23)/t13-,19-/m1/s1. The lowest BCUT2D eigenvalue weighted by molar-refractivity contribution is 0.0910. The van der Waals surface area contributed by atoms with E-state index in [1.165, 1.54) is 19.3 Å². The Labute approximate surface area is 148 Å². The molecule has 1 heterocycles. The van der Waals surface area contributed by atoms with Gasteiger partial charge in [-0.05, 0) is 56.9 Å². The first-order chi connectivity index (χ1) is 12.0. The lowest BCUT2D eigenvalue weighted by Crippen LogP contribution is -2.41. The number of aryl methyl sites for hydroxylation is 2. The second kappa shape index (κ2) is 7.72. The summed E-state index contributed by atoms with van der Waals surface area (Å²) in [7, 11) is 0. The first kappa shape index (κ1) is 17.5. The molecular weight excluding hydrogens is 316 g/mol. The minimum absolute atomic E-state index is 0.00368. The Kier molecular flexibility index (Phi) is 5.41. The molecule has 0 unspecified atom stereocenters. The number of carbonyl (C=O) groups is 1. The van der Waals surface area contributed by atoms with E-state index in [2.05, 4.69) is 17.4 Å². The molecule has 1 amide bonds. The molecule has 1 N–H and O–H groups in total. The predicted octanol–water partition coefficient (Wildman–Crippen LogP) is 4.18. The third kappa shape index (κ3) is 4.21. The molecule has 5 heteroatoms. The maximum atomic E-state index is 12.4. The molecule has 1 aromatic carbocycles. The monoisotopic (exact) mass is 342 g/mol. The fraction of sp³-hybridized carbons (Fsp3) is 0.500. The molecule has 0 saturated heterocycles. The highest BCUT2D eigenvalue weighted by Crippen LogP contribution is 2.24. The molecule has 5 nitrogen and oxygen atoms in total.